The average Bonchev–Trinajstić information content (AvgIpc) is 3.19. The Morgan fingerprint density at radius 1 is 1.22 bits per heavy atom. The number of rotatable bonds is 6. The van der Waals surface area contributed by atoms with E-state index in [-0.39, 0.29) is 12.4 Å². The lowest BCUT2D eigenvalue weighted by Crippen LogP contribution is -1.99. The van der Waals surface area contributed by atoms with E-state index in [2.05, 4.69) is 16.0 Å². The third-order valence-corrected chi connectivity index (χ3v) is 5.13. The van der Waals surface area contributed by atoms with E-state index in [0.29, 0.717) is 39.0 Å². The maximum Gasteiger partial charge on any atom is 0.180 e. The van der Waals surface area contributed by atoms with Crippen LogP contribution in [-0.2, 0) is 6.61 Å². The number of nitrogens with zero attached hydrogens (tertiary/aromatic N) is 2. The molecule has 0 spiro atoms. The van der Waals surface area contributed by atoms with Crippen LogP contribution in [0.15, 0.2) is 54.6 Å². The third kappa shape index (κ3) is 4.58. The number of halogens is 2. The van der Waals surface area contributed by atoms with E-state index in [4.69, 9.17) is 21.1 Å². The predicted molar refractivity (Wildman–Crippen MR) is 123 cm³/mol. The van der Waals surface area contributed by atoms with Crippen LogP contribution in [0.3, 0.4) is 0 Å². The number of H-pyrrole nitrogens is 1. The molecule has 4 rings (SSSR count). The van der Waals surface area contributed by atoms with E-state index in [1.165, 1.54) is 19.2 Å². The van der Waals surface area contributed by atoms with E-state index in [9.17, 15) is 9.65 Å². The third-order valence-electron chi connectivity index (χ3n) is 4.85. The fourth-order valence-electron chi connectivity index (χ4n) is 3.32. The van der Waals surface area contributed by atoms with Gasteiger partial charge in [0.15, 0.2) is 11.5 Å². The minimum absolute atomic E-state index is 0.130. The molecule has 0 aliphatic heterocycles. The van der Waals surface area contributed by atoms with Gasteiger partial charge in [-0.2, -0.15) is 5.26 Å². The summed E-state index contributed by atoms with van der Waals surface area (Å²) in [6.07, 6.45) is 1.68. The zero-order chi connectivity index (χ0) is 22.7. The summed E-state index contributed by atoms with van der Waals surface area (Å²) in [6, 6.07) is 17.6. The minimum Gasteiger partial charge on any atom is -0.493 e. The maximum absolute atomic E-state index is 13.4. The topological polar surface area (TPSA) is 70.9 Å². The van der Waals surface area contributed by atoms with Gasteiger partial charge in [0.2, 0.25) is 0 Å². The maximum atomic E-state index is 13.4. The highest BCUT2D eigenvalue weighted by Crippen LogP contribution is 2.38. The van der Waals surface area contributed by atoms with Gasteiger partial charge in [-0.3, -0.25) is 0 Å². The zero-order valence-corrected chi connectivity index (χ0v) is 18.2. The largest absolute Gasteiger partial charge is 0.493 e. The molecule has 160 valence electrons. The van der Waals surface area contributed by atoms with Crippen molar-refractivity contribution in [3.63, 3.8) is 0 Å². The van der Waals surface area contributed by atoms with Gasteiger partial charge in [0.1, 0.15) is 24.3 Å². The van der Waals surface area contributed by atoms with Crippen LogP contribution in [0, 0.1) is 24.1 Å². The first-order valence-electron chi connectivity index (χ1n) is 9.80. The second kappa shape index (κ2) is 9.13. The van der Waals surface area contributed by atoms with Gasteiger partial charge in [-0.15, -0.1) is 0 Å². The van der Waals surface area contributed by atoms with Gasteiger partial charge in [-0.25, -0.2) is 9.37 Å². The molecule has 1 aromatic heterocycles. The molecule has 3 aromatic carbocycles. The second-order valence-corrected chi connectivity index (χ2v) is 7.64. The Bertz CT molecular complexity index is 1370. The quantitative estimate of drug-likeness (QED) is 0.351. The van der Waals surface area contributed by atoms with Gasteiger partial charge in [-0.05, 0) is 66.1 Å². The first-order valence-corrected chi connectivity index (χ1v) is 10.2. The molecule has 0 amide bonds. The van der Waals surface area contributed by atoms with Crippen LogP contribution in [0.1, 0.15) is 22.5 Å². The summed E-state index contributed by atoms with van der Waals surface area (Å²) in [5, 5.41) is 10.0. The van der Waals surface area contributed by atoms with E-state index < -0.39 is 0 Å². The van der Waals surface area contributed by atoms with Crippen LogP contribution in [0.4, 0.5) is 4.39 Å². The van der Waals surface area contributed by atoms with Gasteiger partial charge >= 0.3 is 0 Å². The fraction of sp³-hybridized carbons (Fsp3) is 0.120. The Morgan fingerprint density at radius 2 is 2.06 bits per heavy atom. The molecule has 32 heavy (non-hydrogen) atoms. The van der Waals surface area contributed by atoms with E-state index in [1.807, 2.05) is 25.1 Å². The molecule has 5 nitrogen and oxygen atoms in total. The van der Waals surface area contributed by atoms with Crippen molar-refractivity contribution in [1.82, 2.24) is 9.97 Å². The summed E-state index contributed by atoms with van der Waals surface area (Å²) in [5.74, 6) is 0.870. The van der Waals surface area contributed by atoms with Gasteiger partial charge in [0.25, 0.3) is 0 Å². The molecular formula is C25H19ClFN3O2. The predicted octanol–water partition coefficient (Wildman–Crippen LogP) is 6.32. The number of aryl methyl sites for hydroxylation is 1. The summed E-state index contributed by atoms with van der Waals surface area (Å²) < 4.78 is 24.6. The number of ether oxygens (including phenoxy) is 2. The Morgan fingerprint density at radius 3 is 2.81 bits per heavy atom. The first-order chi connectivity index (χ1) is 15.5. The average molecular weight is 448 g/mol. The van der Waals surface area contributed by atoms with Gasteiger partial charge in [-0.1, -0.05) is 29.8 Å². The van der Waals surface area contributed by atoms with Crippen molar-refractivity contribution >= 4 is 34.3 Å². The Labute approximate surface area is 189 Å². The van der Waals surface area contributed by atoms with Crippen molar-refractivity contribution in [1.29, 1.82) is 5.26 Å². The molecule has 0 saturated heterocycles. The molecule has 4 aromatic rings. The fourth-order valence-corrected chi connectivity index (χ4v) is 3.59. The molecule has 0 saturated carbocycles. The van der Waals surface area contributed by atoms with Crippen molar-refractivity contribution in [2.24, 2.45) is 0 Å². The summed E-state index contributed by atoms with van der Waals surface area (Å²) >= 11 is 6.45. The van der Waals surface area contributed by atoms with Crippen LogP contribution >= 0.6 is 11.6 Å². The lowest BCUT2D eigenvalue weighted by atomic mass is 10.1. The number of aromatic amines is 1. The molecule has 7 heteroatoms. The number of allylic oxidation sites excluding steroid dienone is 1. The van der Waals surface area contributed by atoms with Crippen LogP contribution < -0.4 is 9.47 Å². The van der Waals surface area contributed by atoms with E-state index in [0.717, 1.165) is 16.6 Å². The van der Waals surface area contributed by atoms with Gasteiger partial charge in [0, 0.05) is 0 Å². The standard InChI is InChI=1S/C25H19ClFN3O2/c1-15-6-7-21-22(8-15)30-25(29-21)18(13-28)9-17-11-20(26)24(23(12-17)31-2)32-14-16-4-3-5-19(27)10-16/h3-12H,14H2,1-2H3,(H,29,30). The molecule has 1 heterocycles. The summed E-state index contributed by atoms with van der Waals surface area (Å²) in [4.78, 5) is 7.69. The smallest absolute Gasteiger partial charge is 0.180 e. The van der Waals surface area contributed by atoms with Crippen LogP contribution in [0.2, 0.25) is 5.02 Å². The number of methoxy groups -OCH3 is 1. The first kappa shape index (κ1) is 21.4. The number of imidazole rings is 1. The molecule has 0 fully saturated rings. The van der Waals surface area contributed by atoms with Crippen molar-refractivity contribution in [3.8, 4) is 17.6 Å². The lowest BCUT2D eigenvalue weighted by Gasteiger charge is -2.13. The number of nitrogens with one attached hydrogen (secondary N) is 1. The summed E-state index contributed by atoms with van der Waals surface area (Å²) in [6.45, 7) is 2.12. The minimum atomic E-state index is -0.338. The normalized spacial score (nSPS) is 11.4. The molecule has 0 unspecified atom stereocenters. The number of fused-ring (bicyclic) bond motifs is 1. The van der Waals surface area contributed by atoms with Crippen LogP contribution in [0.25, 0.3) is 22.7 Å². The van der Waals surface area contributed by atoms with Gasteiger partial charge < -0.3 is 14.5 Å². The van der Waals surface area contributed by atoms with Gasteiger partial charge in [0.05, 0.1) is 28.7 Å². The number of hydrogen-bond acceptors (Lipinski definition) is 4. The monoisotopic (exact) mass is 447 g/mol. The summed E-state index contributed by atoms with van der Waals surface area (Å²) in [5.41, 5.74) is 4.41. The number of benzene rings is 3. The highest BCUT2D eigenvalue weighted by Gasteiger charge is 2.14. The second-order valence-electron chi connectivity index (χ2n) is 7.23. The van der Waals surface area contributed by atoms with Crippen LogP contribution in [0.5, 0.6) is 11.5 Å². The van der Waals surface area contributed by atoms with E-state index >= 15 is 0 Å². The Hall–Kier alpha value is -3.82. The van der Waals surface area contributed by atoms with Crippen molar-refractivity contribution in [3.05, 3.63) is 88.0 Å². The number of hydrogen-bond donors (Lipinski definition) is 1. The van der Waals surface area contributed by atoms with Crippen molar-refractivity contribution < 1.29 is 13.9 Å². The molecule has 0 radical (unpaired) electrons. The lowest BCUT2D eigenvalue weighted by molar-refractivity contribution is 0.284. The number of nitriles is 1. The molecule has 0 aliphatic carbocycles. The highest BCUT2D eigenvalue weighted by molar-refractivity contribution is 6.32. The SMILES string of the molecule is COc1cc(C=C(C#N)c2nc3ccc(C)cc3[nH]2)cc(Cl)c1OCc1cccc(F)c1. The Kier molecular flexibility index (Phi) is 6.11. The molecule has 0 aliphatic rings. The molecule has 1 N–H and O–H groups in total. The molecule has 0 bridgehead atoms. The zero-order valence-electron chi connectivity index (χ0n) is 17.4. The Balaban J connectivity index is 1.64. The molecule has 0 atom stereocenters. The van der Waals surface area contributed by atoms with Crippen molar-refractivity contribution in [2.75, 3.05) is 7.11 Å². The van der Waals surface area contributed by atoms with Crippen molar-refractivity contribution in [2.45, 2.75) is 13.5 Å². The summed E-state index contributed by atoms with van der Waals surface area (Å²) in [7, 11) is 1.50. The highest BCUT2D eigenvalue weighted by atomic mass is 35.5. The van der Waals surface area contributed by atoms with Crippen LogP contribution in [-0.4, -0.2) is 17.1 Å². The number of aromatic nitrogens is 2. The molecular weight excluding hydrogens is 429 g/mol. The van der Waals surface area contributed by atoms with E-state index in [1.54, 1.807) is 30.3 Å².